The van der Waals surface area contributed by atoms with E-state index in [1.807, 2.05) is 0 Å². The van der Waals surface area contributed by atoms with E-state index >= 15 is 0 Å². The van der Waals surface area contributed by atoms with E-state index in [0.29, 0.717) is 0 Å². The van der Waals surface area contributed by atoms with Gasteiger partial charge in [-0.25, -0.2) is 0 Å². The van der Waals surface area contributed by atoms with Crippen molar-refractivity contribution in [2.45, 2.75) is 30.6 Å². The monoisotopic (exact) mass is 224 g/mol. The second-order valence-electron chi connectivity index (χ2n) is 3.45. The van der Waals surface area contributed by atoms with E-state index < -0.39 is 5.97 Å². The van der Waals surface area contributed by atoms with Gasteiger partial charge in [-0.15, -0.1) is 11.8 Å². The maximum Gasteiger partial charge on any atom is 0.303 e. The van der Waals surface area contributed by atoms with E-state index in [4.69, 9.17) is 5.11 Å². The largest absolute Gasteiger partial charge is 0.481 e. The number of hydrogen-bond donors (Lipinski definition) is 1. The molecule has 0 radical (unpaired) electrons. The molecule has 0 saturated carbocycles. The number of unbranched alkanes of at least 4 members (excludes halogenated alkanes) is 1. The zero-order valence-electron chi connectivity index (χ0n) is 8.90. The Morgan fingerprint density at radius 1 is 1.27 bits per heavy atom. The lowest BCUT2D eigenvalue weighted by molar-refractivity contribution is -0.137. The Morgan fingerprint density at radius 2 is 1.93 bits per heavy atom. The molecule has 3 heteroatoms. The van der Waals surface area contributed by atoms with Gasteiger partial charge in [0.2, 0.25) is 0 Å². The molecule has 0 saturated heterocycles. The number of hydrogen-bond acceptors (Lipinski definition) is 2. The Balaban J connectivity index is 2.28. The summed E-state index contributed by atoms with van der Waals surface area (Å²) >= 11 is 1.73. The molecule has 0 fully saturated rings. The summed E-state index contributed by atoms with van der Waals surface area (Å²) in [6.45, 7) is 0. The Kier molecular flexibility index (Phi) is 5.26. The van der Waals surface area contributed by atoms with Crippen LogP contribution in [0.3, 0.4) is 0 Å². The van der Waals surface area contributed by atoms with E-state index in [0.717, 1.165) is 19.3 Å². The number of carbonyl (C=O) groups is 1. The van der Waals surface area contributed by atoms with Gasteiger partial charge in [0, 0.05) is 11.3 Å². The molecule has 0 spiro atoms. The highest BCUT2D eigenvalue weighted by molar-refractivity contribution is 7.98. The number of aliphatic carboxylic acids is 1. The van der Waals surface area contributed by atoms with Crippen LogP contribution >= 0.6 is 11.8 Å². The Bertz CT molecular complexity index is 306. The molecule has 0 amide bonds. The maximum absolute atomic E-state index is 10.3. The van der Waals surface area contributed by atoms with Crippen LogP contribution in [0.4, 0.5) is 0 Å². The Labute approximate surface area is 94.7 Å². The van der Waals surface area contributed by atoms with Gasteiger partial charge in [-0.3, -0.25) is 4.79 Å². The van der Waals surface area contributed by atoms with Crippen molar-refractivity contribution in [2.75, 3.05) is 6.26 Å². The van der Waals surface area contributed by atoms with E-state index in [2.05, 4.69) is 30.5 Å². The van der Waals surface area contributed by atoms with Crippen LogP contribution in [0, 0.1) is 0 Å². The molecule has 1 N–H and O–H groups in total. The van der Waals surface area contributed by atoms with E-state index in [9.17, 15) is 4.79 Å². The van der Waals surface area contributed by atoms with Crippen molar-refractivity contribution in [3.63, 3.8) is 0 Å². The summed E-state index contributed by atoms with van der Waals surface area (Å²) in [4.78, 5) is 11.6. The summed E-state index contributed by atoms with van der Waals surface area (Å²) in [6, 6.07) is 8.45. The number of carboxylic acids is 1. The van der Waals surface area contributed by atoms with E-state index in [1.165, 1.54) is 10.5 Å². The number of carboxylic acid groups (broad SMARTS) is 1. The normalized spacial score (nSPS) is 10.2. The highest BCUT2D eigenvalue weighted by atomic mass is 32.2. The molecule has 15 heavy (non-hydrogen) atoms. The topological polar surface area (TPSA) is 37.3 Å². The van der Waals surface area contributed by atoms with Crippen LogP contribution in [0.15, 0.2) is 29.2 Å². The number of benzene rings is 1. The number of thioether (sulfide) groups is 1. The van der Waals surface area contributed by atoms with Crippen molar-refractivity contribution in [1.29, 1.82) is 0 Å². The van der Waals surface area contributed by atoms with E-state index in [-0.39, 0.29) is 6.42 Å². The minimum Gasteiger partial charge on any atom is -0.481 e. The summed E-state index contributed by atoms with van der Waals surface area (Å²) in [7, 11) is 0. The minimum absolute atomic E-state index is 0.281. The fourth-order valence-electron chi connectivity index (χ4n) is 1.40. The molecule has 0 atom stereocenters. The van der Waals surface area contributed by atoms with Crippen molar-refractivity contribution in [3.05, 3.63) is 29.8 Å². The third-order valence-electron chi connectivity index (χ3n) is 2.27. The number of aryl methyl sites for hydroxylation is 1. The molecule has 0 aliphatic rings. The second kappa shape index (κ2) is 6.51. The van der Waals surface area contributed by atoms with Crippen molar-refractivity contribution >= 4 is 17.7 Å². The summed E-state index contributed by atoms with van der Waals surface area (Å²) < 4.78 is 0. The predicted molar refractivity (Wildman–Crippen MR) is 63.4 cm³/mol. The first-order valence-electron chi connectivity index (χ1n) is 5.07. The minimum atomic E-state index is -0.701. The van der Waals surface area contributed by atoms with Gasteiger partial charge in [0.25, 0.3) is 0 Å². The molecule has 1 aromatic carbocycles. The SMILES string of the molecule is CSc1ccc(CCCCC(=O)O)cc1. The highest BCUT2D eigenvalue weighted by Gasteiger charge is 1.98. The van der Waals surface area contributed by atoms with Gasteiger partial charge in [0.15, 0.2) is 0 Å². The standard InChI is InChI=1S/C12H16O2S/c1-15-11-8-6-10(7-9-11)4-2-3-5-12(13)14/h6-9H,2-5H2,1H3,(H,13,14). The van der Waals surface area contributed by atoms with Gasteiger partial charge in [-0.05, 0) is 43.2 Å². The van der Waals surface area contributed by atoms with Crippen LogP contribution in [0.2, 0.25) is 0 Å². The van der Waals surface area contributed by atoms with Crippen LogP contribution in [-0.4, -0.2) is 17.3 Å². The number of rotatable bonds is 6. The van der Waals surface area contributed by atoms with Gasteiger partial charge < -0.3 is 5.11 Å². The van der Waals surface area contributed by atoms with Gasteiger partial charge >= 0.3 is 5.97 Å². The zero-order valence-corrected chi connectivity index (χ0v) is 9.72. The lowest BCUT2D eigenvalue weighted by Crippen LogP contribution is -1.94. The van der Waals surface area contributed by atoms with Gasteiger partial charge in [-0.1, -0.05) is 12.1 Å². The van der Waals surface area contributed by atoms with Crippen LogP contribution in [0.25, 0.3) is 0 Å². The van der Waals surface area contributed by atoms with Crippen LogP contribution < -0.4 is 0 Å². The fourth-order valence-corrected chi connectivity index (χ4v) is 1.81. The molecule has 82 valence electrons. The average molecular weight is 224 g/mol. The van der Waals surface area contributed by atoms with E-state index in [1.54, 1.807) is 11.8 Å². The van der Waals surface area contributed by atoms with Crippen molar-refractivity contribution in [1.82, 2.24) is 0 Å². The summed E-state index contributed by atoms with van der Waals surface area (Å²) in [6.07, 6.45) is 5.03. The van der Waals surface area contributed by atoms with Gasteiger partial charge in [-0.2, -0.15) is 0 Å². The first-order valence-corrected chi connectivity index (χ1v) is 6.29. The van der Waals surface area contributed by atoms with Crippen LogP contribution in [0.1, 0.15) is 24.8 Å². The first-order chi connectivity index (χ1) is 7.22. The second-order valence-corrected chi connectivity index (χ2v) is 4.33. The lowest BCUT2D eigenvalue weighted by atomic mass is 10.1. The highest BCUT2D eigenvalue weighted by Crippen LogP contribution is 2.16. The summed E-state index contributed by atoms with van der Waals surface area (Å²) in [5.74, 6) is -0.701. The summed E-state index contributed by atoms with van der Waals surface area (Å²) in [5, 5.41) is 8.48. The Morgan fingerprint density at radius 3 is 2.47 bits per heavy atom. The molecule has 0 aliphatic heterocycles. The van der Waals surface area contributed by atoms with Gasteiger partial charge in [0.1, 0.15) is 0 Å². The van der Waals surface area contributed by atoms with Crippen LogP contribution in [0.5, 0.6) is 0 Å². The molecule has 0 heterocycles. The third kappa shape index (κ3) is 4.88. The predicted octanol–water partition coefficient (Wildman–Crippen LogP) is 3.21. The van der Waals surface area contributed by atoms with Crippen molar-refractivity contribution in [2.24, 2.45) is 0 Å². The molecule has 0 aliphatic carbocycles. The summed E-state index contributed by atoms with van der Waals surface area (Å²) in [5.41, 5.74) is 1.29. The first kappa shape index (κ1) is 12.1. The third-order valence-corrected chi connectivity index (χ3v) is 3.01. The molecule has 2 nitrogen and oxygen atoms in total. The maximum atomic E-state index is 10.3. The average Bonchev–Trinajstić information content (AvgIpc) is 2.25. The molecule has 0 unspecified atom stereocenters. The zero-order chi connectivity index (χ0) is 11.1. The van der Waals surface area contributed by atoms with Crippen molar-refractivity contribution < 1.29 is 9.90 Å². The molecular formula is C12H16O2S. The Hall–Kier alpha value is -0.960. The molecule has 0 bridgehead atoms. The van der Waals surface area contributed by atoms with Gasteiger partial charge in [0.05, 0.1) is 0 Å². The molecule has 0 aromatic heterocycles. The fraction of sp³-hybridized carbons (Fsp3) is 0.417. The molecule has 1 rings (SSSR count). The van der Waals surface area contributed by atoms with Crippen LogP contribution in [-0.2, 0) is 11.2 Å². The van der Waals surface area contributed by atoms with Crippen molar-refractivity contribution in [3.8, 4) is 0 Å². The molecule has 1 aromatic rings. The lowest BCUT2D eigenvalue weighted by Gasteiger charge is -2.01. The molecular weight excluding hydrogens is 208 g/mol. The smallest absolute Gasteiger partial charge is 0.303 e. The quantitative estimate of drug-likeness (QED) is 0.595.